The van der Waals surface area contributed by atoms with Crippen LogP contribution in [0, 0.1) is 0 Å². The maximum absolute atomic E-state index is 12.7. The van der Waals surface area contributed by atoms with Gasteiger partial charge in [0.25, 0.3) is 0 Å². The van der Waals surface area contributed by atoms with Crippen LogP contribution in [0.2, 0.25) is 0 Å². The number of hydrogen-bond acceptors (Lipinski definition) is 6. The normalized spacial score (nSPS) is 16.3. The molecule has 0 aliphatic heterocycles. The van der Waals surface area contributed by atoms with Gasteiger partial charge in [-0.05, 0) is 53.1 Å². The van der Waals surface area contributed by atoms with Crippen molar-refractivity contribution in [1.29, 1.82) is 0 Å². The van der Waals surface area contributed by atoms with E-state index < -0.39 is 5.97 Å². The van der Waals surface area contributed by atoms with Gasteiger partial charge in [-0.25, -0.2) is 4.79 Å². The van der Waals surface area contributed by atoms with E-state index in [0.717, 1.165) is 24.0 Å². The summed E-state index contributed by atoms with van der Waals surface area (Å²) in [6.07, 6.45) is 1.57. The number of carbonyl (C=O) groups is 2. The fourth-order valence-electron chi connectivity index (χ4n) is 2.97. The zero-order valence-corrected chi connectivity index (χ0v) is 14.4. The lowest BCUT2D eigenvalue weighted by atomic mass is 9.90. The molecular formula is C18H14N4O3S. The van der Waals surface area contributed by atoms with Gasteiger partial charge in [0.05, 0.1) is 16.5 Å². The third kappa shape index (κ3) is 2.99. The van der Waals surface area contributed by atoms with E-state index in [0.29, 0.717) is 10.8 Å². The van der Waals surface area contributed by atoms with Crippen molar-refractivity contribution in [3.8, 4) is 5.69 Å². The summed E-state index contributed by atoms with van der Waals surface area (Å²) in [5, 5.41) is 21.0. The molecule has 1 aromatic heterocycles. The highest BCUT2D eigenvalue weighted by molar-refractivity contribution is 8.00. The van der Waals surface area contributed by atoms with E-state index in [9.17, 15) is 9.59 Å². The van der Waals surface area contributed by atoms with Crippen molar-refractivity contribution >= 4 is 23.5 Å². The third-order valence-corrected chi connectivity index (χ3v) is 5.50. The number of aromatic nitrogens is 4. The summed E-state index contributed by atoms with van der Waals surface area (Å²) in [4.78, 5) is 23.7. The first kappa shape index (κ1) is 16.5. The van der Waals surface area contributed by atoms with Crippen molar-refractivity contribution in [2.75, 3.05) is 0 Å². The smallest absolute Gasteiger partial charge is 0.335 e. The summed E-state index contributed by atoms with van der Waals surface area (Å²) in [7, 11) is 0. The molecule has 7 nitrogen and oxygen atoms in total. The van der Waals surface area contributed by atoms with Crippen molar-refractivity contribution < 1.29 is 14.7 Å². The second kappa shape index (κ2) is 6.72. The number of ketones is 1. The van der Waals surface area contributed by atoms with Crippen LogP contribution in [0.4, 0.5) is 0 Å². The molecule has 3 aromatic rings. The van der Waals surface area contributed by atoms with Gasteiger partial charge in [0.2, 0.25) is 5.16 Å². The maximum Gasteiger partial charge on any atom is 0.335 e. The average Bonchev–Trinajstić information content (AvgIpc) is 3.12. The topological polar surface area (TPSA) is 98.0 Å². The fourth-order valence-corrected chi connectivity index (χ4v) is 4.02. The highest BCUT2D eigenvalue weighted by Gasteiger charge is 2.29. The van der Waals surface area contributed by atoms with Gasteiger partial charge in [-0.1, -0.05) is 36.0 Å². The molecule has 26 heavy (non-hydrogen) atoms. The molecular weight excluding hydrogens is 352 g/mol. The van der Waals surface area contributed by atoms with Crippen LogP contribution in [0.15, 0.2) is 53.7 Å². The van der Waals surface area contributed by atoms with Crippen LogP contribution in [-0.2, 0) is 6.42 Å². The predicted molar refractivity (Wildman–Crippen MR) is 94.9 cm³/mol. The highest BCUT2D eigenvalue weighted by atomic mass is 32.2. The van der Waals surface area contributed by atoms with E-state index >= 15 is 0 Å². The minimum absolute atomic E-state index is 0.0904. The second-order valence-corrected chi connectivity index (χ2v) is 7.06. The van der Waals surface area contributed by atoms with E-state index in [1.807, 2.05) is 24.3 Å². The highest BCUT2D eigenvalue weighted by Crippen LogP contribution is 2.33. The summed E-state index contributed by atoms with van der Waals surface area (Å²) < 4.78 is 1.52. The number of nitrogens with zero attached hydrogens (tertiary/aromatic N) is 4. The van der Waals surface area contributed by atoms with E-state index in [-0.39, 0.29) is 16.6 Å². The first-order valence-corrected chi connectivity index (χ1v) is 8.92. The zero-order valence-electron chi connectivity index (χ0n) is 13.6. The summed E-state index contributed by atoms with van der Waals surface area (Å²) in [5.41, 5.74) is 2.68. The van der Waals surface area contributed by atoms with Gasteiger partial charge in [-0.2, -0.15) is 4.68 Å². The predicted octanol–water partition coefficient (Wildman–Crippen LogP) is 2.65. The molecule has 0 radical (unpaired) electrons. The largest absolute Gasteiger partial charge is 0.478 e. The maximum atomic E-state index is 12.7. The molecule has 2 aromatic carbocycles. The minimum Gasteiger partial charge on any atom is -0.478 e. The molecule has 1 heterocycles. The number of thioether (sulfide) groups is 1. The Morgan fingerprint density at radius 2 is 1.92 bits per heavy atom. The van der Waals surface area contributed by atoms with Gasteiger partial charge in [0, 0.05) is 5.56 Å². The van der Waals surface area contributed by atoms with Crippen LogP contribution in [0.5, 0.6) is 0 Å². The molecule has 0 bridgehead atoms. The molecule has 130 valence electrons. The number of tetrazole rings is 1. The summed E-state index contributed by atoms with van der Waals surface area (Å²) in [5.74, 6) is -0.901. The number of hydrogen-bond donors (Lipinski definition) is 1. The molecule has 4 rings (SSSR count). The molecule has 0 amide bonds. The third-order valence-electron chi connectivity index (χ3n) is 4.30. The number of rotatable bonds is 4. The van der Waals surface area contributed by atoms with Crippen LogP contribution in [0.3, 0.4) is 0 Å². The number of benzene rings is 2. The van der Waals surface area contributed by atoms with Crippen molar-refractivity contribution in [3.05, 3.63) is 65.2 Å². The van der Waals surface area contributed by atoms with Gasteiger partial charge >= 0.3 is 5.97 Å². The Bertz CT molecular complexity index is 984. The van der Waals surface area contributed by atoms with E-state index in [4.69, 9.17) is 5.11 Å². The molecule has 0 spiro atoms. The fraction of sp³-hybridized carbons (Fsp3) is 0.167. The summed E-state index contributed by atoms with van der Waals surface area (Å²) >= 11 is 1.34. The Hall–Kier alpha value is -3.00. The van der Waals surface area contributed by atoms with Crippen LogP contribution < -0.4 is 0 Å². The summed E-state index contributed by atoms with van der Waals surface area (Å²) in [6.45, 7) is 0. The molecule has 0 saturated heterocycles. The molecule has 1 aliphatic rings. The van der Waals surface area contributed by atoms with Gasteiger partial charge in [-0.3, -0.25) is 4.79 Å². The molecule has 0 saturated carbocycles. The lowest BCUT2D eigenvalue weighted by Crippen LogP contribution is -2.25. The summed E-state index contributed by atoms with van der Waals surface area (Å²) in [6, 6.07) is 13.9. The molecule has 1 unspecified atom stereocenters. The monoisotopic (exact) mass is 366 g/mol. The average molecular weight is 366 g/mol. The van der Waals surface area contributed by atoms with E-state index in [1.54, 1.807) is 12.1 Å². The molecule has 1 N–H and O–H groups in total. The van der Waals surface area contributed by atoms with Crippen molar-refractivity contribution in [3.63, 3.8) is 0 Å². The van der Waals surface area contributed by atoms with Gasteiger partial charge in [0.1, 0.15) is 0 Å². The number of carboxylic acids is 1. The Morgan fingerprint density at radius 3 is 2.69 bits per heavy atom. The van der Waals surface area contributed by atoms with Gasteiger partial charge < -0.3 is 5.11 Å². The second-order valence-electron chi connectivity index (χ2n) is 5.89. The lowest BCUT2D eigenvalue weighted by molar-refractivity contribution is 0.0696. The number of aryl methyl sites for hydroxylation is 1. The standard InChI is InChI=1S/C18H14N4O3S/c23-16-14-4-2-1-3-11(14)7-10-15(16)26-18-19-20-21-22(18)13-8-5-12(6-9-13)17(24)25/h1-6,8-9,15H,7,10H2,(H,24,25). The number of fused-ring (bicyclic) bond motifs is 1. The van der Waals surface area contributed by atoms with Gasteiger partial charge in [-0.15, -0.1) is 5.10 Å². The first-order chi connectivity index (χ1) is 12.6. The van der Waals surface area contributed by atoms with E-state index in [1.165, 1.54) is 28.6 Å². The SMILES string of the molecule is O=C(O)c1ccc(-n2nnnc2SC2CCc3ccccc3C2=O)cc1. The Labute approximate surface area is 153 Å². The van der Waals surface area contributed by atoms with E-state index in [2.05, 4.69) is 15.5 Å². The number of aromatic carboxylic acids is 1. The molecule has 1 atom stereocenters. The number of carboxylic acid groups (broad SMARTS) is 1. The number of Topliss-reactive ketones (excluding diaryl/α,β-unsaturated/α-hetero) is 1. The van der Waals surface area contributed by atoms with Crippen LogP contribution in [-0.4, -0.2) is 42.3 Å². The van der Waals surface area contributed by atoms with Crippen LogP contribution >= 0.6 is 11.8 Å². The van der Waals surface area contributed by atoms with Crippen LogP contribution in [0.1, 0.15) is 32.7 Å². The number of carbonyl (C=O) groups excluding carboxylic acids is 1. The minimum atomic E-state index is -0.991. The Balaban J connectivity index is 1.58. The molecule has 0 fully saturated rings. The lowest BCUT2D eigenvalue weighted by Gasteiger charge is -2.22. The molecule has 8 heteroatoms. The molecule has 1 aliphatic carbocycles. The van der Waals surface area contributed by atoms with Crippen LogP contribution in [0.25, 0.3) is 5.69 Å². The zero-order chi connectivity index (χ0) is 18.1. The van der Waals surface area contributed by atoms with Gasteiger partial charge in [0.15, 0.2) is 5.78 Å². The first-order valence-electron chi connectivity index (χ1n) is 8.04. The Morgan fingerprint density at radius 1 is 1.15 bits per heavy atom. The Kier molecular flexibility index (Phi) is 4.26. The van der Waals surface area contributed by atoms with Crippen molar-refractivity contribution in [2.24, 2.45) is 0 Å². The van der Waals surface area contributed by atoms with Crippen molar-refractivity contribution in [2.45, 2.75) is 23.2 Å². The quantitative estimate of drug-likeness (QED) is 0.758. The van der Waals surface area contributed by atoms with Crippen molar-refractivity contribution in [1.82, 2.24) is 20.2 Å².